The quantitative estimate of drug-likeness (QED) is 0.322. The lowest BCUT2D eigenvalue weighted by molar-refractivity contribution is -0.171. The first-order valence-corrected chi connectivity index (χ1v) is 11.5. The molecule has 4 aromatic rings. The molecule has 1 aromatic heterocycles. The number of ether oxygens (including phenoxy) is 3. The van der Waals surface area contributed by atoms with E-state index in [-0.39, 0.29) is 12.3 Å². The maximum atomic E-state index is 13.7. The van der Waals surface area contributed by atoms with Gasteiger partial charge >= 0.3 is 11.9 Å². The highest BCUT2D eigenvalue weighted by Crippen LogP contribution is 2.57. The van der Waals surface area contributed by atoms with Crippen molar-refractivity contribution in [3.63, 3.8) is 0 Å². The van der Waals surface area contributed by atoms with E-state index in [0.29, 0.717) is 0 Å². The number of carbonyl (C=O) groups is 2. The van der Waals surface area contributed by atoms with E-state index in [1.807, 2.05) is 78.9 Å². The van der Waals surface area contributed by atoms with Crippen LogP contribution in [0.2, 0.25) is 0 Å². The summed E-state index contributed by atoms with van der Waals surface area (Å²) in [7, 11) is 4.26. The van der Waals surface area contributed by atoms with Crippen molar-refractivity contribution in [3.8, 4) is 5.75 Å². The molecular formula is C29H27NO5. The minimum Gasteiger partial charge on any atom is -0.497 e. The molecule has 1 aliphatic carbocycles. The van der Waals surface area contributed by atoms with Gasteiger partial charge in [0.05, 0.1) is 21.3 Å². The smallest absolute Gasteiger partial charge is 0.324 e. The van der Waals surface area contributed by atoms with Gasteiger partial charge in [-0.25, -0.2) is 0 Å². The van der Waals surface area contributed by atoms with Crippen LogP contribution in [0.15, 0.2) is 78.9 Å². The zero-order valence-corrected chi connectivity index (χ0v) is 19.9. The van der Waals surface area contributed by atoms with Crippen LogP contribution in [0, 0.1) is 5.41 Å². The monoisotopic (exact) mass is 469 g/mol. The Morgan fingerprint density at radius 1 is 0.800 bits per heavy atom. The van der Waals surface area contributed by atoms with E-state index in [1.165, 1.54) is 14.2 Å². The van der Waals surface area contributed by atoms with Gasteiger partial charge in [-0.2, -0.15) is 0 Å². The van der Waals surface area contributed by atoms with Gasteiger partial charge in [-0.3, -0.25) is 9.59 Å². The van der Waals surface area contributed by atoms with Gasteiger partial charge in [-0.05, 0) is 41.3 Å². The van der Waals surface area contributed by atoms with Gasteiger partial charge in [0.15, 0.2) is 5.41 Å². The van der Waals surface area contributed by atoms with Crippen LogP contribution in [-0.4, -0.2) is 38.3 Å². The number of benzene rings is 3. The predicted octanol–water partition coefficient (Wildman–Crippen LogP) is 5.18. The van der Waals surface area contributed by atoms with Gasteiger partial charge in [0.25, 0.3) is 0 Å². The van der Waals surface area contributed by atoms with Gasteiger partial charge in [-0.1, -0.05) is 60.7 Å². The molecular weight excluding hydrogens is 442 g/mol. The van der Waals surface area contributed by atoms with E-state index in [4.69, 9.17) is 14.2 Å². The second-order valence-corrected chi connectivity index (χ2v) is 8.83. The Balaban J connectivity index is 1.87. The van der Waals surface area contributed by atoms with Crippen molar-refractivity contribution in [2.75, 3.05) is 21.3 Å². The number of fused-ring (bicyclic) bond motifs is 3. The number of nitrogens with one attached hydrogen (secondary N) is 1. The fourth-order valence-corrected chi connectivity index (χ4v) is 5.63. The van der Waals surface area contributed by atoms with E-state index in [2.05, 4.69) is 4.98 Å². The first-order valence-electron chi connectivity index (χ1n) is 11.5. The average molecular weight is 470 g/mol. The van der Waals surface area contributed by atoms with Crippen molar-refractivity contribution in [3.05, 3.63) is 101 Å². The predicted molar refractivity (Wildman–Crippen MR) is 133 cm³/mol. The highest BCUT2D eigenvalue weighted by Gasteiger charge is 2.60. The number of rotatable bonds is 5. The fraction of sp³-hybridized carbons (Fsp3) is 0.241. The highest BCUT2D eigenvalue weighted by molar-refractivity contribution is 6.04. The summed E-state index contributed by atoms with van der Waals surface area (Å²) in [6, 6.07) is 25.3. The van der Waals surface area contributed by atoms with Crippen molar-refractivity contribution < 1.29 is 23.8 Å². The van der Waals surface area contributed by atoms with Gasteiger partial charge in [0, 0.05) is 28.4 Å². The molecule has 1 N–H and O–H groups in total. The first-order chi connectivity index (χ1) is 17.0. The molecule has 0 unspecified atom stereocenters. The molecule has 0 spiro atoms. The Hall–Kier alpha value is -4.06. The standard InChI is InChI=1S/C29H27NO5/c1-33-20-15-13-18(14-16-20)22-17-29(27(31)34-2,28(32)35-3)25(19-9-5-4-6-10-19)24-21-11-7-8-12-23(21)30-26(22)24/h4-16,22,25,30H,17H2,1-3H3/t22-,25+/m1/s1. The summed E-state index contributed by atoms with van der Waals surface area (Å²) in [4.78, 5) is 30.9. The third-order valence-electron chi connectivity index (χ3n) is 7.18. The van der Waals surface area contributed by atoms with Crippen LogP contribution in [0.4, 0.5) is 0 Å². The molecule has 6 nitrogen and oxygen atoms in total. The molecule has 6 heteroatoms. The van der Waals surface area contributed by atoms with Gasteiger partial charge in [-0.15, -0.1) is 0 Å². The molecule has 0 aliphatic heterocycles. The number of hydrogen-bond donors (Lipinski definition) is 1. The lowest BCUT2D eigenvalue weighted by atomic mass is 9.58. The number of esters is 2. The molecule has 0 bridgehead atoms. The Labute approximate surface area is 203 Å². The minimum absolute atomic E-state index is 0.193. The number of hydrogen-bond acceptors (Lipinski definition) is 5. The van der Waals surface area contributed by atoms with E-state index in [1.54, 1.807) is 7.11 Å². The molecule has 178 valence electrons. The summed E-state index contributed by atoms with van der Waals surface area (Å²) in [6.45, 7) is 0. The number of carbonyl (C=O) groups excluding carboxylic acids is 2. The van der Waals surface area contributed by atoms with Crippen LogP contribution in [0.25, 0.3) is 10.9 Å². The second-order valence-electron chi connectivity index (χ2n) is 8.83. The van der Waals surface area contributed by atoms with Crippen molar-refractivity contribution in [1.29, 1.82) is 0 Å². The molecule has 1 heterocycles. The first kappa shape index (κ1) is 22.7. The summed E-state index contributed by atoms with van der Waals surface area (Å²) in [5, 5.41) is 0.965. The van der Waals surface area contributed by atoms with Crippen molar-refractivity contribution in [2.45, 2.75) is 18.3 Å². The molecule has 1 aliphatic rings. The maximum absolute atomic E-state index is 13.7. The largest absolute Gasteiger partial charge is 0.497 e. The summed E-state index contributed by atoms with van der Waals surface area (Å²) >= 11 is 0. The number of aromatic amines is 1. The highest BCUT2D eigenvalue weighted by atomic mass is 16.5. The molecule has 0 saturated carbocycles. The summed E-state index contributed by atoms with van der Waals surface area (Å²) in [5.41, 5.74) is 3.07. The van der Waals surface area contributed by atoms with Gasteiger partial charge in [0.2, 0.25) is 0 Å². The summed E-state index contributed by atoms with van der Waals surface area (Å²) < 4.78 is 16.0. The molecule has 0 fully saturated rings. The van der Waals surface area contributed by atoms with Gasteiger partial charge in [0.1, 0.15) is 5.75 Å². The van der Waals surface area contributed by atoms with Crippen molar-refractivity contribution in [2.24, 2.45) is 5.41 Å². The number of aromatic nitrogens is 1. The van der Waals surface area contributed by atoms with Crippen molar-refractivity contribution in [1.82, 2.24) is 4.98 Å². The number of para-hydroxylation sites is 1. The topological polar surface area (TPSA) is 77.6 Å². The van der Waals surface area contributed by atoms with Crippen molar-refractivity contribution >= 4 is 22.8 Å². The van der Waals surface area contributed by atoms with Crippen LogP contribution in [-0.2, 0) is 19.1 Å². The number of methoxy groups -OCH3 is 3. The molecule has 35 heavy (non-hydrogen) atoms. The lowest BCUT2D eigenvalue weighted by Gasteiger charge is -2.43. The molecule has 0 saturated heterocycles. The van der Waals surface area contributed by atoms with E-state index in [0.717, 1.165) is 39.0 Å². The molecule has 5 rings (SSSR count). The summed E-state index contributed by atoms with van der Waals surface area (Å²) in [5.74, 6) is -1.35. The van der Waals surface area contributed by atoms with E-state index >= 15 is 0 Å². The Morgan fingerprint density at radius 3 is 2.06 bits per heavy atom. The fourth-order valence-electron chi connectivity index (χ4n) is 5.63. The Kier molecular flexibility index (Phi) is 5.81. The van der Waals surface area contributed by atoms with Crippen LogP contribution in [0.1, 0.15) is 40.6 Å². The van der Waals surface area contributed by atoms with Crippen LogP contribution in [0.5, 0.6) is 5.75 Å². The Morgan fingerprint density at radius 2 is 1.43 bits per heavy atom. The third-order valence-corrected chi connectivity index (χ3v) is 7.18. The lowest BCUT2D eigenvalue weighted by Crippen LogP contribution is -2.50. The van der Waals surface area contributed by atoms with Gasteiger partial charge < -0.3 is 19.2 Å². The zero-order valence-electron chi connectivity index (χ0n) is 19.9. The van der Waals surface area contributed by atoms with E-state index < -0.39 is 23.3 Å². The number of H-pyrrole nitrogens is 1. The van der Waals surface area contributed by atoms with E-state index in [9.17, 15) is 9.59 Å². The maximum Gasteiger partial charge on any atom is 0.324 e. The van der Waals surface area contributed by atoms with Crippen LogP contribution < -0.4 is 4.74 Å². The average Bonchev–Trinajstić information content (AvgIpc) is 3.31. The second kappa shape index (κ2) is 8.95. The molecule has 2 atom stereocenters. The Bertz CT molecular complexity index is 1360. The molecule has 0 radical (unpaired) electrons. The summed E-state index contributed by atoms with van der Waals surface area (Å²) in [6.07, 6.45) is 0.193. The SMILES string of the molecule is COC(=O)C1(C(=O)OC)C[C@H](c2ccc(OC)cc2)c2[nH]c3ccccc3c2[C@@H]1c1ccccc1. The third kappa shape index (κ3) is 3.48. The molecule has 0 amide bonds. The normalized spacial score (nSPS) is 18.5. The van der Waals surface area contributed by atoms with Crippen LogP contribution in [0.3, 0.4) is 0 Å². The molecule has 3 aromatic carbocycles. The minimum atomic E-state index is -1.58. The zero-order chi connectivity index (χ0) is 24.6. The van der Waals surface area contributed by atoms with Crippen LogP contribution >= 0.6 is 0 Å².